The molecule has 4 atom stereocenters. The van der Waals surface area contributed by atoms with Crippen molar-refractivity contribution in [2.75, 3.05) is 0 Å². The van der Waals surface area contributed by atoms with Gasteiger partial charge < -0.3 is 35.4 Å². The van der Waals surface area contributed by atoms with E-state index >= 15 is 0 Å². The molecule has 7 nitrogen and oxygen atoms in total. The molecule has 0 fully saturated rings. The van der Waals surface area contributed by atoms with Crippen LogP contribution in [0.25, 0.3) is 0 Å². The molecule has 0 bridgehead atoms. The maximum absolute atomic E-state index is 9.98. The average molecular weight is 208 g/mol. The summed E-state index contributed by atoms with van der Waals surface area (Å²) < 4.78 is 0. The van der Waals surface area contributed by atoms with Crippen LogP contribution in [0.3, 0.4) is 0 Å². The second kappa shape index (κ2) is 5.55. The Kier molecular flexibility index (Phi) is 5.10. The summed E-state index contributed by atoms with van der Waals surface area (Å²) in [5.41, 5.74) is 0. The molecule has 0 aliphatic carbocycles. The van der Waals surface area contributed by atoms with Gasteiger partial charge in [0.25, 0.3) is 0 Å². The molecule has 14 heavy (non-hydrogen) atoms. The Labute approximate surface area is 79.2 Å². The maximum Gasteiger partial charge on any atom is 0.158 e. The molecular formula is C7H12O7. The van der Waals surface area contributed by atoms with Gasteiger partial charge in [-0.1, -0.05) is 0 Å². The molecule has 0 saturated carbocycles. The first-order valence-electron chi connectivity index (χ1n) is 3.66. The molecule has 0 rings (SSSR count). The molecule has 7 heteroatoms. The van der Waals surface area contributed by atoms with Crippen LogP contribution in [0.4, 0.5) is 0 Å². The van der Waals surface area contributed by atoms with Gasteiger partial charge in [-0.3, -0.25) is 0 Å². The van der Waals surface area contributed by atoms with Crippen molar-refractivity contribution in [3.63, 3.8) is 0 Å². The van der Waals surface area contributed by atoms with Crippen LogP contribution in [-0.4, -0.2) is 61.3 Å². The summed E-state index contributed by atoms with van der Waals surface area (Å²) >= 11 is 0. The van der Waals surface area contributed by atoms with Crippen molar-refractivity contribution < 1.29 is 35.4 Å². The molecular weight excluding hydrogens is 196 g/mol. The van der Waals surface area contributed by atoms with E-state index in [4.69, 9.17) is 30.6 Å². The van der Waals surface area contributed by atoms with E-state index in [1.807, 2.05) is 0 Å². The largest absolute Gasteiger partial charge is 0.512 e. The Bertz CT molecular complexity index is 214. The van der Waals surface area contributed by atoms with Crippen molar-refractivity contribution in [3.8, 4) is 0 Å². The zero-order valence-electron chi connectivity index (χ0n) is 7.06. The van der Waals surface area contributed by atoms with E-state index in [2.05, 4.69) is 0 Å². The van der Waals surface area contributed by atoms with Gasteiger partial charge in [0, 0.05) is 0 Å². The molecule has 0 unspecified atom stereocenters. The molecule has 0 saturated heterocycles. The van der Waals surface area contributed by atoms with Crippen LogP contribution in [0, 0.1) is 0 Å². The SMILES string of the molecule is O=C[C@@H](O)[C@H](O)[C@@H](O)[C@H](O)C(O)=CO. The summed E-state index contributed by atoms with van der Waals surface area (Å²) in [6, 6.07) is 0. The third-order valence-corrected chi connectivity index (χ3v) is 1.60. The van der Waals surface area contributed by atoms with Crippen LogP contribution in [0.5, 0.6) is 0 Å². The van der Waals surface area contributed by atoms with E-state index in [0.717, 1.165) is 0 Å². The van der Waals surface area contributed by atoms with Gasteiger partial charge in [-0.05, 0) is 0 Å². The van der Waals surface area contributed by atoms with Crippen LogP contribution < -0.4 is 0 Å². The molecule has 0 spiro atoms. The Hall–Kier alpha value is -1.15. The van der Waals surface area contributed by atoms with E-state index < -0.39 is 30.2 Å². The van der Waals surface area contributed by atoms with E-state index in [1.54, 1.807) is 0 Å². The van der Waals surface area contributed by atoms with E-state index in [-0.39, 0.29) is 12.5 Å². The Morgan fingerprint density at radius 2 is 1.57 bits per heavy atom. The number of rotatable bonds is 5. The van der Waals surface area contributed by atoms with Crippen molar-refractivity contribution in [2.45, 2.75) is 24.4 Å². The lowest BCUT2D eigenvalue weighted by atomic mass is 10.0. The molecule has 0 radical (unpaired) electrons. The van der Waals surface area contributed by atoms with Crippen LogP contribution in [0.2, 0.25) is 0 Å². The normalized spacial score (nSPS) is 21.0. The molecule has 0 aliphatic heterocycles. The zero-order valence-corrected chi connectivity index (χ0v) is 7.06. The summed E-state index contributed by atoms with van der Waals surface area (Å²) in [6.45, 7) is 0. The fourth-order valence-electron chi connectivity index (χ4n) is 0.721. The fourth-order valence-corrected chi connectivity index (χ4v) is 0.721. The number of carbonyl (C=O) groups is 1. The van der Waals surface area contributed by atoms with Crippen molar-refractivity contribution in [1.82, 2.24) is 0 Å². The molecule has 0 aromatic carbocycles. The molecule has 82 valence electrons. The average Bonchev–Trinajstić information content (AvgIpc) is 2.23. The van der Waals surface area contributed by atoms with Gasteiger partial charge in [0.05, 0.1) is 0 Å². The molecule has 0 aromatic heterocycles. The lowest BCUT2D eigenvalue weighted by Gasteiger charge is -2.23. The number of hydrogen-bond acceptors (Lipinski definition) is 7. The van der Waals surface area contributed by atoms with Gasteiger partial charge in [0.15, 0.2) is 12.0 Å². The van der Waals surface area contributed by atoms with E-state index in [1.165, 1.54) is 0 Å². The predicted molar refractivity (Wildman–Crippen MR) is 43.4 cm³/mol. The first-order chi connectivity index (χ1) is 6.45. The second-order valence-corrected chi connectivity index (χ2v) is 2.61. The summed E-state index contributed by atoms with van der Waals surface area (Å²) in [5.74, 6) is -0.991. The minimum atomic E-state index is -1.99. The standard InChI is InChI=1S/C7H12O7/c8-1-3(10)5(12)7(14)6(13)4(11)2-9/h1-3,5-7,9-14H/t3-,5+,6-,7-/m1/s1. The Balaban J connectivity index is 4.45. The monoisotopic (exact) mass is 208 g/mol. The number of hydrogen-bond donors (Lipinski definition) is 6. The third kappa shape index (κ3) is 2.96. The van der Waals surface area contributed by atoms with Gasteiger partial charge in [0.2, 0.25) is 0 Å². The smallest absolute Gasteiger partial charge is 0.158 e. The third-order valence-electron chi connectivity index (χ3n) is 1.60. The summed E-state index contributed by atoms with van der Waals surface area (Å²) in [6.07, 6.45) is -7.73. The number of aliphatic hydroxyl groups is 6. The highest BCUT2D eigenvalue weighted by Gasteiger charge is 2.32. The van der Waals surface area contributed by atoms with Crippen LogP contribution in [0.1, 0.15) is 0 Å². The highest BCUT2D eigenvalue weighted by molar-refractivity contribution is 5.56. The van der Waals surface area contributed by atoms with E-state index in [0.29, 0.717) is 0 Å². The maximum atomic E-state index is 9.98. The Morgan fingerprint density at radius 1 is 1.07 bits per heavy atom. The Morgan fingerprint density at radius 3 is 1.93 bits per heavy atom. The zero-order chi connectivity index (χ0) is 11.3. The number of aldehydes is 1. The van der Waals surface area contributed by atoms with Crippen molar-refractivity contribution in [3.05, 3.63) is 12.0 Å². The molecule has 0 heterocycles. The van der Waals surface area contributed by atoms with E-state index in [9.17, 15) is 4.79 Å². The van der Waals surface area contributed by atoms with Crippen LogP contribution >= 0.6 is 0 Å². The predicted octanol–water partition coefficient (Wildman–Crippen LogP) is -2.41. The lowest BCUT2D eigenvalue weighted by molar-refractivity contribution is -0.133. The first kappa shape index (κ1) is 12.8. The highest BCUT2D eigenvalue weighted by Crippen LogP contribution is 2.09. The number of carbonyl (C=O) groups excluding carboxylic acids is 1. The molecule has 0 amide bonds. The summed E-state index contributed by atoms with van der Waals surface area (Å²) in [4.78, 5) is 9.98. The van der Waals surface area contributed by atoms with Gasteiger partial charge in [-0.2, -0.15) is 0 Å². The highest BCUT2D eigenvalue weighted by atomic mass is 16.4. The first-order valence-corrected chi connectivity index (χ1v) is 3.66. The minimum absolute atomic E-state index is 0.0414. The molecule has 0 aromatic rings. The molecule has 6 N–H and O–H groups in total. The summed E-state index contributed by atoms with van der Waals surface area (Å²) in [7, 11) is 0. The minimum Gasteiger partial charge on any atom is -0.512 e. The number of aliphatic hydroxyl groups excluding tert-OH is 6. The van der Waals surface area contributed by atoms with Crippen molar-refractivity contribution in [1.29, 1.82) is 0 Å². The van der Waals surface area contributed by atoms with Gasteiger partial charge >= 0.3 is 0 Å². The summed E-state index contributed by atoms with van der Waals surface area (Å²) in [5, 5.41) is 52.7. The van der Waals surface area contributed by atoms with Gasteiger partial charge in [-0.15, -0.1) is 0 Å². The quantitative estimate of drug-likeness (QED) is 0.218. The van der Waals surface area contributed by atoms with Crippen LogP contribution in [0.15, 0.2) is 12.0 Å². The molecule has 0 aliphatic rings. The lowest BCUT2D eigenvalue weighted by Crippen LogP contribution is -2.45. The van der Waals surface area contributed by atoms with Crippen LogP contribution in [-0.2, 0) is 4.79 Å². The topological polar surface area (TPSA) is 138 Å². The second-order valence-electron chi connectivity index (χ2n) is 2.61. The van der Waals surface area contributed by atoms with Gasteiger partial charge in [0.1, 0.15) is 30.7 Å². The fraction of sp³-hybridized carbons (Fsp3) is 0.571. The van der Waals surface area contributed by atoms with Gasteiger partial charge in [-0.25, -0.2) is 0 Å². The van der Waals surface area contributed by atoms with Crippen molar-refractivity contribution in [2.24, 2.45) is 0 Å². The van der Waals surface area contributed by atoms with Crippen molar-refractivity contribution >= 4 is 6.29 Å².